The number of benzene rings is 1. The van der Waals surface area contributed by atoms with Gasteiger partial charge >= 0.3 is 0 Å². The van der Waals surface area contributed by atoms with Crippen molar-refractivity contribution in [2.75, 3.05) is 30.2 Å². The molecule has 0 spiro atoms. The van der Waals surface area contributed by atoms with Crippen molar-refractivity contribution in [2.24, 2.45) is 5.92 Å². The summed E-state index contributed by atoms with van der Waals surface area (Å²) in [6.07, 6.45) is 2.77. The fourth-order valence-corrected chi connectivity index (χ4v) is 3.55. The van der Waals surface area contributed by atoms with Gasteiger partial charge in [0.1, 0.15) is 18.2 Å². The van der Waals surface area contributed by atoms with E-state index in [1.807, 2.05) is 6.92 Å². The molecule has 23 heavy (non-hydrogen) atoms. The number of carbonyl (C=O) groups excluding carboxylic acids is 1. The van der Waals surface area contributed by atoms with Crippen LogP contribution in [0.25, 0.3) is 0 Å². The highest BCUT2D eigenvalue weighted by Gasteiger charge is 2.28. The van der Waals surface area contributed by atoms with Gasteiger partial charge in [0.2, 0.25) is 15.9 Å². The van der Waals surface area contributed by atoms with Crippen LogP contribution >= 0.6 is 0 Å². The highest BCUT2D eigenvalue weighted by atomic mass is 32.2. The van der Waals surface area contributed by atoms with Crippen molar-refractivity contribution in [1.82, 2.24) is 4.90 Å². The van der Waals surface area contributed by atoms with Gasteiger partial charge in [-0.25, -0.2) is 17.2 Å². The van der Waals surface area contributed by atoms with Crippen LogP contribution in [0, 0.1) is 17.6 Å². The van der Waals surface area contributed by atoms with Gasteiger partial charge in [-0.1, -0.05) is 6.92 Å². The maximum atomic E-state index is 13.9. The second-order valence-corrected chi connectivity index (χ2v) is 7.86. The lowest BCUT2D eigenvalue weighted by Gasteiger charge is -2.33. The lowest BCUT2D eigenvalue weighted by molar-refractivity contribution is -0.131. The van der Waals surface area contributed by atoms with E-state index in [0.717, 1.165) is 31.2 Å². The molecule has 1 saturated heterocycles. The molecule has 1 unspecified atom stereocenters. The molecule has 1 amide bonds. The second-order valence-electron chi connectivity index (χ2n) is 5.95. The Kier molecular flexibility index (Phi) is 5.23. The van der Waals surface area contributed by atoms with Crippen LogP contribution in [0.5, 0.6) is 0 Å². The first kappa shape index (κ1) is 17.7. The summed E-state index contributed by atoms with van der Waals surface area (Å²) in [5.74, 6) is -1.86. The van der Waals surface area contributed by atoms with Crippen LogP contribution in [0.2, 0.25) is 0 Å². The van der Waals surface area contributed by atoms with E-state index < -0.39 is 28.2 Å². The van der Waals surface area contributed by atoms with Gasteiger partial charge in [0.25, 0.3) is 0 Å². The van der Waals surface area contributed by atoms with Crippen molar-refractivity contribution in [2.45, 2.75) is 19.8 Å². The van der Waals surface area contributed by atoms with Crippen molar-refractivity contribution in [3.05, 3.63) is 29.8 Å². The number of sulfonamides is 1. The van der Waals surface area contributed by atoms with E-state index >= 15 is 0 Å². The third kappa shape index (κ3) is 4.40. The third-order valence-corrected chi connectivity index (χ3v) is 4.99. The summed E-state index contributed by atoms with van der Waals surface area (Å²) in [6.45, 7) is 2.65. The molecule has 2 rings (SSSR count). The van der Waals surface area contributed by atoms with Crippen LogP contribution in [0.4, 0.5) is 14.5 Å². The Morgan fingerprint density at radius 3 is 2.65 bits per heavy atom. The van der Waals surface area contributed by atoms with Gasteiger partial charge in [-0.15, -0.1) is 0 Å². The Bertz CT molecular complexity index is 694. The minimum Gasteiger partial charge on any atom is -0.341 e. The van der Waals surface area contributed by atoms with Gasteiger partial charge in [-0.05, 0) is 30.9 Å². The van der Waals surface area contributed by atoms with Crippen molar-refractivity contribution in [3.8, 4) is 0 Å². The Morgan fingerprint density at radius 2 is 2.09 bits per heavy atom. The molecule has 0 bridgehead atoms. The van der Waals surface area contributed by atoms with Gasteiger partial charge in [0.05, 0.1) is 11.9 Å². The number of rotatable bonds is 4. The first-order valence-corrected chi connectivity index (χ1v) is 9.24. The molecule has 0 saturated carbocycles. The number of nitrogens with zero attached hydrogens (tertiary/aromatic N) is 2. The molecule has 0 aromatic heterocycles. The lowest BCUT2D eigenvalue weighted by Crippen LogP contribution is -2.46. The van der Waals surface area contributed by atoms with Crippen LogP contribution in [-0.2, 0) is 14.8 Å². The number of hydrogen-bond acceptors (Lipinski definition) is 3. The average molecular weight is 346 g/mol. The van der Waals surface area contributed by atoms with Gasteiger partial charge in [0, 0.05) is 19.2 Å². The predicted molar refractivity (Wildman–Crippen MR) is 83.5 cm³/mol. The SMILES string of the molecule is CC1CCCN(C(=O)CN(c2ccc(F)cc2F)S(C)(=O)=O)C1. The summed E-state index contributed by atoms with van der Waals surface area (Å²) in [7, 11) is -3.88. The highest BCUT2D eigenvalue weighted by molar-refractivity contribution is 7.92. The molecule has 1 aliphatic rings. The molecule has 1 aliphatic heterocycles. The van der Waals surface area contributed by atoms with Crippen LogP contribution in [-0.4, -0.2) is 45.1 Å². The molecule has 8 heteroatoms. The average Bonchev–Trinajstić information content (AvgIpc) is 2.44. The predicted octanol–water partition coefficient (Wildman–Crippen LogP) is 1.99. The van der Waals surface area contributed by atoms with Gasteiger partial charge < -0.3 is 4.90 Å². The highest BCUT2D eigenvalue weighted by Crippen LogP contribution is 2.23. The molecule has 0 radical (unpaired) electrons. The fourth-order valence-electron chi connectivity index (χ4n) is 2.70. The maximum Gasteiger partial charge on any atom is 0.243 e. The zero-order valence-corrected chi connectivity index (χ0v) is 13.9. The van der Waals surface area contributed by atoms with Crippen molar-refractivity contribution in [1.29, 1.82) is 0 Å². The molecule has 1 heterocycles. The van der Waals surface area contributed by atoms with Gasteiger partial charge in [0.15, 0.2) is 0 Å². The molecule has 1 fully saturated rings. The number of hydrogen-bond donors (Lipinski definition) is 0. The molecule has 128 valence electrons. The molecule has 0 aliphatic carbocycles. The lowest BCUT2D eigenvalue weighted by atomic mass is 10.0. The van der Waals surface area contributed by atoms with Crippen LogP contribution < -0.4 is 4.31 Å². The van der Waals surface area contributed by atoms with E-state index in [9.17, 15) is 22.0 Å². The van der Waals surface area contributed by atoms with E-state index in [1.54, 1.807) is 4.90 Å². The number of piperidine rings is 1. The van der Waals surface area contributed by atoms with E-state index in [-0.39, 0.29) is 11.6 Å². The molecule has 1 aromatic carbocycles. The maximum absolute atomic E-state index is 13.9. The normalized spacial score (nSPS) is 18.8. The van der Waals surface area contributed by atoms with Crippen molar-refractivity contribution >= 4 is 21.6 Å². The van der Waals surface area contributed by atoms with Crippen LogP contribution in [0.3, 0.4) is 0 Å². The monoisotopic (exact) mass is 346 g/mol. The van der Waals surface area contributed by atoms with Crippen LogP contribution in [0.1, 0.15) is 19.8 Å². The smallest absolute Gasteiger partial charge is 0.243 e. The largest absolute Gasteiger partial charge is 0.341 e. The number of halogens is 2. The molecular weight excluding hydrogens is 326 g/mol. The summed E-state index contributed by atoms with van der Waals surface area (Å²) >= 11 is 0. The fraction of sp³-hybridized carbons (Fsp3) is 0.533. The summed E-state index contributed by atoms with van der Waals surface area (Å²) in [5, 5.41) is 0. The topological polar surface area (TPSA) is 57.7 Å². The van der Waals surface area contributed by atoms with E-state index in [4.69, 9.17) is 0 Å². The van der Waals surface area contributed by atoms with Gasteiger partial charge in [-0.3, -0.25) is 9.10 Å². The van der Waals surface area contributed by atoms with Crippen molar-refractivity contribution in [3.63, 3.8) is 0 Å². The van der Waals surface area contributed by atoms with Gasteiger partial charge in [-0.2, -0.15) is 0 Å². The second kappa shape index (κ2) is 6.82. The summed E-state index contributed by atoms with van der Waals surface area (Å²) < 4.78 is 51.5. The summed E-state index contributed by atoms with van der Waals surface area (Å²) in [4.78, 5) is 14.0. The van der Waals surface area contributed by atoms with Crippen molar-refractivity contribution < 1.29 is 22.0 Å². The van der Waals surface area contributed by atoms with Crippen LogP contribution in [0.15, 0.2) is 18.2 Å². The Balaban J connectivity index is 2.24. The minimum atomic E-state index is -3.88. The minimum absolute atomic E-state index is 0.327. The first-order chi connectivity index (χ1) is 10.7. The quantitative estimate of drug-likeness (QED) is 0.838. The number of amides is 1. The first-order valence-electron chi connectivity index (χ1n) is 7.39. The Morgan fingerprint density at radius 1 is 1.39 bits per heavy atom. The molecule has 1 aromatic rings. The zero-order chi connectivity index (χ0) is 17.2. The Labute approximate surface area is 134 Å². The number of likely N-dealkylation sites (tertiary alicyclic amines) is 1. The van der Waals surface area contributed by atoms with E-state index in [0.29, 0.717) is 29.4 Å². The number of carbonyl (C=O) groups is 1. The third-order valence-electron chi connectivity index (χ3n) is 3.87. The molecule has 0 N–H and O–H groups in total. The summed E-state index contributed by atoms with van der Waals surface area (Å²) in [5.41, 5.74) is -0.327. The van der Waals surface area contributed by atoms with E-state index in [1.165, 1.54) is 0 Å². The number of anilines is 1. The zero-order valence-electron chi connectivity index (χ0n) is 13.1. The molecule has 1 atom stereocenters. The molecule has 5 nitrogen and oxygen atoms in total. The standard InChI is InChI=1S/C15H20F2N2O3S/c1-11-4-3-7-18(9-11)15(20)10-19(23(2,21)22)14-6-5-12(16)8-13(14)17/h5-6,8,11H,3-4,7,9-10H2,1-2H3. The van der Waals surface area contributed by atoms with E-state index in [2.05, 4.69) is 0 Å². The Hall–Kier alpha value is -1.70. The summed E-state index contributed by atoms with van der Waals surface area (Å²) in [6, 6.07) is 2.59. The molecular formula is C15H20F2N2O3S.